The third-order valence-electron chi connectivity index (χ3n) is 3.90. The smallest absolute Gasteiger partial charge is 0.131 e. The Bertz CT molecular complexity index is 527. The zero-order valence-electron chi connectivity index (χ0n) is 10.0. The summed E-state index contributed by atoms with van der Waals surface area (Å²) in [7, 11) is 0. The van der Waals surface area contributed by atoms with Gasteiger partial charge in [0.25, 0.3) is 0 Å². The zero-order chi connectivity index (χ0) is 11.7. The standard InChI is InChI=1S/C15H18N2/c16-15-14-7-6-12(10-13(14)8-9-17-15)11-4-2-1-3-5-11/h6-11H,1-5H2,(H2,16,17). The second-order valence-electron chi connectivity index (χ2n) is 5.01. The molecular formula is C15H18N2. The van der Waals surface area contributed by atoms with E-state index in [1.165, 1.54) is 43.1 Å². The van der Waals surface area contributed by atoms with Gasteiger partial charge in [-0.1, -0.05) is 37.5 Å². The van der Waals surface area contributed by atoms with E-state index in [2.05, 4.69) is 29.2 Å². The van der Waals surface area contributed by atoms with Gasteiger partial charge >= 0.3 is 0 Å². The van der Waals surface area contributed by atoms with Crippen LogP contribution in [0.4, 0.5) is 5.82 Å². The molecule has 0 aliphatic heterocycles. The number of nitrogens with zero attached hydrogens (tertiary/aromatic N) is 1. The van der Waals surface area contributed by atoms with Gasteiger partial charge in [-0.2, -0.15) is 0 Å². The summed E-state index contributed by atoms with van der Waals surface area (Å²) in [5.41, 5.74) is 7.35. The van der Waals surface area contributed by atoms with Crippen LogP contribution in [-0.4, -0.2) is 4.98 Å². The molecule has 0 bridgehead atoms. The highest BCUT2D eigenvalue weighted by molar-refractivity contribution is 5.91. The van der Waals surface area contributed by atoms with Gasteiger partial charge in [-0.15, -0.1) is 0 Å². The Kier molecular flexibility index (Phi) is 2.71. The molecule has 0 atom stereocenters. The fourth-order valence-electron chi connectivity index (χ4n) is 2.91. The van der Waals surface area contributed by atoms with E-state index in [-0.39, 0.29) is 0 Å². The number of aromatic nitrogens is 1. The molecule has 3 rings (SSSR count). The van der Waals surface area contributed by atoms with Crippen LogP contribution in [0.15, 0.2) is 30.5 Å². The van der Waals surface area contributed by atoms with Crippen LogP contribution in [0, 0.1) is 0 Å². The van der Waals surface area contributed by atoms with E-state index in [9.17, 15) is 0 Å². The van der Waals surface area contributed by atoms with Gasteiger partial charge in [0.05, 0.1) is 0 Å². The molecule has 2 heteroatoms. The van der Waals surface area contributed by atoms with E-state index in [1.54, 1.807) is 6.20 Å². The SMILES string of the molecule is Nc1nccc2cc(C3CCCCC3)ccc12. The highest BCUT2D eigenvalue weighted by Crippen LogP contribution is 2.34. The van der Waals surface area contributed by atoms with Gasteiger partial charge < -0.3 is 5.73 Å². The molecule has 0 saturated heterocycles. The molecule has 1 saturated carbocycles. The van der Waals surface area contributed by atoms with Crippen molar-refractivity contribution in [3.63, 3.8) is 0 Å². The molecule has 2 N–H and O–H groups in total. The molecule has 0 amide bonds. The maximum absolute atomic E-state index is 5.87. The number of fused-ring (bicyclic) bond motifs is 1. The highest BCUT2D eigenvalue weighted by Gasteiger charge is 2.15. The summed E-state index contributed by atoms with van der Waals surface area (Å²) < 4.78 is 0. The largest absolute Gasteiger partial charge is 0.383 e. The molecule has 0 spiro atoms. The molecule has 17 heavy (non-hydrogen) atoms. The minimum absolute atomic E-state index is 0.637. The fraction of sp³-hybridized carbons (Fsp3) is 0.400. The zero-order valence-corrected chi connectivity index (χ0v) is 10.0. The van der Waals surface area contributed by atoms with Gasteiger partial charge in [-0.05, 0) is 35.8 Å². The Balaban J connectivity index is 2.01. The van der Waals surface area contributed by atoms with E-state index in [0.29, 0.717) is 5.82 Å². The monoisotopic (exact) mass is 226 g/mol. The summed E-state index contributed by atoms with van der Waals surface area (Å²) in [6, 6.07) is 8.71. The van der Waals surface area contributed by atoms with Crippen molar-refractivity contribution in [3.05, 3.63) is 36.0 Å². The van der Waals surface area contributed by atoms with Crippen LogP contribution in [0.2, 0.25) is 0 Å². The molecule has 0 unspecified atom stereocenters. The summed E-state index contributed by atoms with van der Waals surface area (Å²) in [4.78, 5) is 4.13. The predicted octanol–water partition coefficient (Wildman–Crippen LogP) is 3.86. The van der Waals surface area contributed by atoms with Crippen LogP contribution >= 0.6 is 0 Å². The Morgan fingerprint density at radius 1 is 1.06 bits per heavy atom. The first-order valence-electron chi connectivity index (χ1n) is 6.49. The van der Waals surface area contributed by atoms with Crippen molar-refractivity contribution in [3.8, 4) is 0 Å². The van der Waals surface area contributed by atoms with Crippen molar-refractivity contribution in [2.75, 3.05) is 5.73 Å². The van der Waals surface area contributed by atoms with Crippen molar-refractivity contribution in [2.45, 2.75) is 38.0 Å². The number of pyridine rings is 1. The molecule has 1 aromatic heterocycles. The topological polar surface area (TPSA) is 38.9 Å². The van der Waals surface area contributed by atoms with Crippen LogP contribution in [0.3, 0.4) is 0 Å². The quantitative estimate of drug-likeness (QED) is 0.801. The number of nitrogen functional groups attached to an aromatic ring is 1. The molecule has 2 nitrogen and oxygen atoms in total. The second kappa shape index (κ2) is 4.36. The molecule has 2 aromatic rings. The summed E-state index contributed by atoms with van der Waals surface area (Å²) in [5.74, 6) is 1.39. The van der Waals surface area contributed by atoms with E-state index < -0.39 is 0 Å². The van der Waals surface area contributed by atoms with Crippen molar-refractivity contribution in [1.29, 1.82) is 0 Å². The minimum atomic E-state index is 0.637. The van der Waals surface area contributed by atoms with Crippen LogP contribution in [0.25, 0.3) is 10.8 Å². The highest BCUT2D eigenvalue weighted by atomic mass is 14.8. The molecular weight excluding hydrogens is 208 g/mol. The number of anilines is 1. The maximum Gasteiger partial charge on any atom is 0.131 e. The lowest BCUT2D eigenvalue weighted by atomic mass is 9.83. The van der Waals surface area contributed by atoms with E-state index in [1.807, 2.05) is 0 Å². The van der Waals surface area contributed by atoms with Crippen molar-refractivity contribution in [2.24, 2.45) is 0 Å². The van der Waals surface area contributed by atoms with Crippen molar-refractivity contribution in [1.82, 2.24) is 4.98 Å². The summed E-state index contributed by atoms with van der Waals surface area (Å²) >= 11 is 0. The summed E-state index contributed by atoms with van der Waals surface area (Å²) in [5, 5.41) is 2.30. The first-order chi connectivity index (χ1) is 8.34. The number of benzene rings is 1. The van der Waals surface area contributed by atoms with Crippen molar-refractivity contribution < 1.29 is 0 Å². The number of hydrogen-bond donors (Lipinski definition) is 1. The molecule has 0 radical (unpaired) electrons. The average molecular weight is 226 g/mol. The first-order valence-corrected chi connectivity index (χ1v) is 6.49. The summed E-state index contributed by atoms with van der Waals surface area (Å²) in [6.45, 7) is 0. The van der Waals surface area contributed by atoms with Gasteiger partial charge in [0.1, 0.15) is 5.82 Å². The van der Waals surface area contributed by atoms with Gasteiger partial charge in [-0.3, -0.25) is 0 Å². The molecule has 1 aromatic carbocycles. The van der Waals surface area contributed by atoms with E-state index >= 15 is 0 Å². The third kappa shape index (κ3) is 1.99. The van der Waals surface area contributed by atoms with Gasteiger partial charge in [-0.25, -0.2) is 4.98 Å². The molecule has 88 valence electrons. The fourth-order valence-corrected chi connectivity index (χ4v) is 2.91. The van der Waals surface area contributed by atoms with Gasteiger partial charge in [0.15, 0.2) is 0 Å². The Hall–Kier alpha value is -1.57. The number of hydrogen-bond acceptors (Lipinski definition) is 2. The molecule has 1 aliphatic rings. The van der Waals surface area contributed by atoms with Gasteiger partial charge in [0, 0.05) is 11.6 Å². The maximum atomic E-state index is 5.87. The third-order valence-corrected chi connectivity index (χ3v) is 3.90. The average Bonchev–Trinajstić information content (AvgIpc) is 2.40. The van der Waals surface area contributed by atoms with Crippen molar-refractivity contribution >= 4 is 16.6 Å². The van der Waals surface area contributed by atoms with Crippen LogP contribution in [0.5, 0.6) is 0 Å². The van der Waals surface area contributed by atoms with Crippen LogP contribution in [-0.2, 0) is 0 Å². The normalized spacial score (nSPS) is 17.4. The Labute approximate surface area is 102 Å². The van der Waals surface area contributed by atoms with Crippen LogP contribution < -0.4 is 5.73 Å². The lowest BCUT2D eigenvalue weighted by Crippen LogP contribution is -2.04. The predicted molar refractivity (Wildman–Crippen MR) is 72.0 cm³/mol. The molecule has 1 heterocycles. The molecule has 1 fully saturated rings. The lowest BCUT2D eigenvalue weighted by Gasteiger charge is -2.22. The van der Waals surface area contributed by atoms with Crippen LogP contribution in [0.1, 0.15) is 43.6 Å². The van der Waals surface area contributed by atoms with Gasteiger partial charge in [0.2, 0.25) is 0 Å². The lowest BCUT2D eigenvalue weighted by molar-refractivity contribution is 0.444. The summed E-state index contributed by atoms with van der Waals surface area (Å²) in [6.07, 6.45) is 8.63. The second-order valence-corrected chi connectivity index (χ2v) is 5.01. The minimum Gasteiger partial charge on any atom is -0.383 e. The molecule has 1 aliphatic carbocycles. The van der Waals surface area contributed by atoms with E-state index in [4.69, 9.17) is 5.73 Å². The Morgan fingerprint density at radius 3 is 2.71 bits per heavy atom. The first kappa shape index (κ1) is 10.6. The van der Waals surface area contributed by atoms with E-state index in [0.717, 1.165) is 11.3 Å². The Morgan fingerprint density at radius 2 is 1.88 bits per heavy atom. The number of rotatable bonds is 1. The number of nitrogens with two attached hydrogens (primary N) is 1.